The van der Waals surface area contributed by atoms with Crippen LogP contribution in [0.4, 0.5) is 0 Å². The van der Waals surface area contributed by atoms with Crippen LogP contribution < -0.4 is 4.74 Å². The Kier molecular flexibility index (Phi) is 3.35. The minimum Gasteiger partial charge on any atom is -0.497 e. The van der Waals surface area contributed by atoms with Gasteiger partial charge in [-0.1, -0.05) is 6.07 Å². The normalized spacial score (nSPS) is 11.7. The largest absolute Gasteiger partial charge is 0.497 e. The number of rotatable bonds is 3. The number of hydrogen-bond donors (Lipinski definition) is 0. The van der Waals surface area contributed by atoms with Crippen LogP contribution in [0.25, 0.3) is 33.5 Å². The molecular weight excluding hydrogens is 308 g/mol. The average molecular weight is 322 g/mol. The van der Waals surface area contributed by atoms with Crippen molar-refractivity contribution in [1.82, 2.24) is 9.97 Å². The third kappa shape index (κ3) is 2.71. The van der Waals surface area contributed by atoms with Gasteiger partial charge in [0.15, 0.2) is 5.58 Å². The Labute approximate surface area is 137 Å². The summed E-state index contributed by atoms with van der Waals surface area (Å²) in [4.78, 5) is 9.06. The summed E-state index contributed by atoms with van der Waals surface area (Å²) in [5.41, 5.74) is 3.77. The van der Waals surface area contributed by atoms with Crippen molar-refractivity contribution >= 4 is 44.8 Å². The molecule has 0 saturated carbocycles. The van der Waals surface area contributed by atoms with E-state index in [1.807, 2.05) is 55.5 Å². The molecule has 23 heavy (non-hydrogen) atoms. The third-order valence-corrected chi connectivity index (χ3v) is 4.54. The topological polar surface area (TPSA) is 48.2 Å². The van der Waals surface area contributed by atoms with Gasteiger partial charge in [0, 0.05) is 12.1 Å². The smallest absolute Gasteiger partial charge is 0.220 e. The lowest BCUT2D eigenvalue weighted by Gasteiger charge is -1.96. The second-order valence-corrected chi connectivity index (χ2v) is 6.30. The van der Waals surface area contributed by atoms with Crippen LogP contribution in [-0.2, 0) is 0 Å². The molecule has 5 heteroatoms. The molecule has 0 spiro atoms. The highest BCUT2D eigenvalue weighted by molar-refractivity contribution is 7.19. The zero-order valence-corrected chi connectivity index (χ0v) is 13.6. The molecule has 0 radical (unpaired) electrons. The predicted molar refractivity (Wildman–Crippen MR) is 93.8 cm³/mol. The molecule has 0 N–H and O–H groups in total. The number of nitrogens with zero attached hydrogens (tertiary/aromatic N) is 2. The van der Waals surface area contributed by atoms with E-state index in [-0.39, 0.29) is 0 Å². The highest BCUT2D eigenvalue weighted by atomic mass is 32.1. The maximum absolute atomic E-state index is 5.71. The van der Waals surface area contributed by atoms with Crippen molar-refractivity contribution in [2.75, 3.05) is 7.11 Å². The highest BCUT2D eigenvalue weighted by Crippen LogP contribution is 2.27. The van der Waals surface area contributed by atoms with Crippen LogP contribution in [0, 0.1) is 6.92 Å². The molecule has 4 rings (SSSR count). The molecule has 0 aliphatic heterocycles. The Hall–Kier alpha value is -2.66. The molecule has 4 nitrogen and oxygen atoms in total. The molecular formula is C18H14N2O2S. The predicted octanol–water partition coefficient (Wildman–Crippen LogP) is 4.92. The summed E-state index contributed by atoms with van der Waals surface area (Å²) in [5, 5.41) is 0.909. The van der Waals surface area contributed by atoms with E-state index >= 15 is 0 Å². The molecule has 2 aromatic carbocycles. The van der Waals surface area contributed by atoms with Gasteiger partial charge in [-0.15, -0.1) is 11.3 Å². The molecule has 4 aromatic rings. The first-order valence-corrected chi connectivity index (χ1v) is 8.03. The standard InChI is InChI=1S/C18H14N2O2S/c1-11-3-5-15-13(9-11)19-17(22-15)7-8-18-20-14-10-12(21-2)4-6-16(14)23-18/h3-10H,1-2H3. The van der Waals surface area contributed by atoms with E-state index in [4.69, 9.17) is 9.15 Å². The Balaban J connectivity index is 1.66. The van der Waals surface area contributed by atoms with Crippen LogP contribution in [0.5, 0.6) is 5.75 Å². The second kappa shape index (κ2) is 5.52. The Morgan fingerprint density at radius 1 is 1.04 bits per heavy atom. The molecule has 0 amide bonds. The molecule has 0 bridgehead atoms. The van der Waals surface area contributed by atoms with Gasteiger partial charge in [0.1, 0.15) is 16.3 Å². The first-order valence-electron chi connectivity index (χ1n) is 7.21. The molecule has 0 fully saturated rings. The van der Waals surface area contributed by atoms with Gasteiger partial charge in [-0.25, -0.2) is 9.97 Å². The maximum atomic E-state index is 5.71. The quantitative estimate of drug-likeness (QED) is 0.537. The number of aromatic nitrogens is 2. The van der Waals surface area contributed by atoms with Crippen LogP contribution in [0.2, 0.25) is 0 Å². The lowest BCUT2D eigenvalue weighted by molar-refractivity contribution is 0.415. The van der Waals surface area contributed by atoms with Crippen molar-refractivity contribution in [2.45, 2.75) is 6.92 Å². The van der Waals surface area contributed by atoms with Crippen molar-refractivity contribution in [3.63, 3.8) is 0 Å². The van der Waals surface area contributed by atoms with Crippen molar-refractivity contribution in [1.29, 1.82) is 0 Å². The van der Waals surface area contributed by atoms with Gasteiger partial charge in [0.25, 0.3) is 0 Å². The minimum atomic E-state index is 0.586. The molecule has 0 atom stereocenters. The number of oxazole rings is 1. The van der Waals surface area contributed by atoms with Gasteiger partial charge in [-0.2, -0.15) is 0 Å². The van der Waals surface area contributed by atoms with Crippen molar-refractivity contribution in [3.8, 4) is 5.75 Å². The van der Waals surface area contributed by atoms with Gasteiger partial charge in [-0.05, 0) is 42.8 Å². The van der Waals surface area contributed by atoms with E-state index in [0.717, 1.165) is 32.1 Å². The van der Waals surface area contributed by atoms with E-state index < -0.39 is 0 Å². The highest BCUT2D eigenvalue weighted by Gasteiger charge is 2.05. The zero-order valence-electron chi connectivity index (χ0n) is 12.7. The van der Waals surface area contributed by atoms with E-state index in [0.29, 0.717) is 5.89 Å². The monoisotopic (exact) mass is 322 g/mol. The summed E-state index contributed by atoms with van der Waals surface area (Å²) in [5.74, 6) is 1.40. The summed E-state index contributed by atoms with van der Waals surface area (Å²) < 4.78 is 12.1. The lowest BCUT2D eigenvalue weighted by atomic mass is 10.2. The number of thiazole rings is 1. The summed E-state index contributed by atoms with van der Waals surface area (Å²) in [7, 11) is 1.66. The number of hydrogen-bond acceptors (Lipinski definition) is 5. The van der Waals surface area contributed by atoms with Gasteiger partial charge < -0.3 is 9.15 Å². The summed E-state index contributed by atoms with van der Waals surface area (Å²) in [6, 6.07) is 11.9. The minimum absolute atomic E-state index is 0.586. The number of ether oxygens (including phenoxy) is 1. The summed E-state index contributed by atoms with van der Waals surface area (Å²) in [6.45, 7) is 2.04. The first-order chi connectivity index (χ1) is 11.2. The Morgan fingerprint density at radius 2 is 1.96 bits per heavy atom. The third-order valence-electron chi connectivity index (χ3n) is 3.54. The van der Waals surface area contributed by atoms with Gasteiger partial charge >= 0.3 is 0 Å². The average Bonchev–Trinajstić information content (AvgIpc) is 3.14. The fourth-order valence-corrected chi connectivity index (χ4v) is 3.24. The molecule has 0 aliphatic carbocycles. The summed E-state index contributed by atoms with van der Waals surface area (Å²) >= 11 is 1.62. The van der Waals surface area contributed by atoms with Crippen molar-refractivity contribution in [2.24, 2.45) is 0 Å². The van der Waals surface area contributed by atoms with Gasteiger partial charge in [0.2, 0.25) is 5.89 Å². The van der Waals surface area contributed by atoms with Crippen LogP contribution in [-0.4, -0.2) is 17.1 Å². The second-order valence-electron chi connectivity index (χ2n) is 5.24. The first kappa shape index (κ1) is 14.0. The molecule has 0 aliphatic rings. The SMILES string of the molecule is COc1ccc2sc(C=Cc3nc4cc(C)ccc4o3)nc2c1. The van der Waals surface area contributed by atoms with Crippen LogP contribution in [0.3, 0.4) is 0 Å². The lowest BCUT2D eigenvalue weighted by Crippen LogP contribution is -1.80. The van der Waals surface area contributed by atoms with E-state index in [9.17, 15) is 0 Å². The molecule has 114 valence electrons. The fourth-order valence-electron chi connectivity index (χ4n) is 2.39. The Bertz CT molecular complexity index is 1030. The van der Waals surface area contributed by atoms with Gasteiger partial charge in [-0.3, -0.25) is 0 Å². The maximum Gasteiger partial charge on any atom is 0.220 e. The zero-order chi connectivity index (χ0) is 15.8. The van der Waals surface area contributed by atoms with Crippen LogP contribution >= 0.6 is 11.3 Å². The molecule has 0 saturated heterocycles. The van der Waals surface area contributed by atoms with Crippen LogP contribution in [0.15, 0.2) is 40.8 Å². The Morgan fingerprint density at radius 3 is 2.83 bits per heavy atom. The molecule has 2 heterocycles. The molecule has 0 unspecified atom stereocenters. The van der Waals surface area contributed by atoms with Crippen LogP contribution in [0.1, 0.15) is 16.5 Å². The molecule has 2 aromatic heterocycles. The number of aryl methyl sites for hydroxylation is 1. The van der Waals surface area contributed by atoms with Gasteiger partial charge in [0.05, 0.1) is 17.3 Å². The van der Waals surface area contributed by atoms with E-state index in [2.05, 4.69) is 9.97 Å². The number of benzene rings is 2. The number of fused-ring (bicyclic) bond motifs is 2. The number of methoxy groups -OCH3 is 1. The van der Waals surface area contributed by atoms with E-state index in [1.54, 1.807) is 18.4 Å². The van der Waals surface area contributed by atoms with Crippen molar-refractivity contribution < 1.29 is 9.15 Å². The van der Waals surface area contributed by atoms with E-state index in [1.165, 1.54) is 5.56 Å². The summed E-state index contributed by atoms with van der Waals surface area (Å²) in [6.07, 6.45) is 3.78. The van der Waals surface area contributed by atoms with Crippen molar-refractivity contribution in [3.05, 3.63) is 52.9 Å². The fraction of sp³-hybridized carbons (Fsp3) is 0.111.